The largest absolute Gasteiger partial charge is 0.381 e. The van der Waals surface area contributed by atoms with Crippen molar-refractivity contribution in [3.8, 4) is 0 Å². The lowest BCUT2D eigenvalue weighted by atomic mass is 10.0. The van der Waals surface area contributed by atoms with E-state index in [9.17, 15) is 0 Å². The van der Waals surface area contributed by atoms with Crippen LogP contribution in [0.4, 0.5) is 5.82 Å². The van der Waals surface area contributed by atoms with Crippen molar-refractivity contribution >= 4 is 17.4 Å². The Morgan fingerprint density at radius 2 is 1.83 bits per heavy atom. The molecule has 18 heavy (non-hydrogen) atoms. The van der Waals surface area contributed by atoms with E-state index in [4.69, 9.17) is 21.1 Å². The van der Waals surface area contributed by atoms with Crippen LogP contribution in [0.5, 0.6) is 0 Å². The standard InChI is InChI=1S/C12H14ClN3O2/c13-12-14-10-6-18-5-9(10)11(15-12)16-1-7-3-17-4-8(7)2-16/h7-8H,1-6H2/t7-,8-/m1/s1. The molecule has 2 saturated heterocycles. The van der Waals surface area contributed by atoms with Gasteiger partial charge in [-0.25, -0.2) is 9.97 Å². The quantitative estimate of drug-likeness (QED) is 0.717. The van der Waals surface area contributed by atoms with Crippen LogP contribution < -0.4 is 4.90 Å². The number of aromatic nitrogens is 2. The fourth-order valence-corrected chi connectivity index (χ4v) is 3.31. The van der Waals surface area contributed by atoms with Gasteiger partial charge in [-0.2, -0.15) is 0 Å². The number of fused-ring (bicyclic) bond motifs is 2. The molecule has 0 aliphatic carbocycles. The molecule has 0 unspecified atom stereocenters. The minimum absolute atomic E-state index is 0.322. The number of anilines is 1. The fraction of sp³-hybridized carbons (Fsp3) is 0.667. The van der Waals surface area contributed by atoms with Crippen LogP contribution in [0.2, 0.25) is 5.28 Å². The molecule has 3 aliphatic heterocycles. The summed E-state index contributed by atoms with van der Waals surface area (Å²) in [4.78, 5) is 11.0. The molecule has 0 aromatic carbocycles. The van der Waals surface area contributed by atoms with Crippen LogP contribution in [0.3, 0.4) is 0 Å². The highest BCUT2D eigenvalue weighted by Crippen LogP contribution is 2.35. The summed E-state index contributed by atoms with van der Waals surface area (Å²) in [7, 11) is 0. The molecule has 3 aliphatic rings. The number of nitrogens with zero attached hydrogens (tertiary/aromatic N) is 3. The zero-order valence-corrected chi connectivity index (χ0v) is 10.7. The van der Waals surface area contributed by atoms with E-state index in [0.29, 0.717) is 30.3 Å². The van der Waals surface area contributed by atoms with Gasteiger partial charge in [-0.15, -0.1) is 0 Å². The molecule has 6 heteroatoms. The Hall–Kier alpha value is -0.910. The summed E-state index contributed by atoms with van der Waals surface area (Å²) in [5.41, 5.74) is 2.05. The van der Waals surface area contributed by atoms with Crippen LogP contribution in [-0.4, -0.2) is 36.3 Å². The molecule has 96 valence electrons. The molecule has 0 bridgehead atoms. The van der Waals surface area contributed by atoms with E-state index >= 15 is 0 Å². The first-order valence-electron chi connectivity index (χ1n) is 6.27. The third-order valence-corrected chi connectivity index (χ3v) is 4.24. The third-order valence-electron chi connectivity index (χ3n) is 4.07. The lowest BCUT2D eigenvalue weighted by molar-refractivity contribution is 0.133. The Morgan fingerprint density at radius 3 is 2.61 bits per heavy atom. The third kappa shape index (κ3) is 1.61. The van der Waals surface area contributed by atoms with E-state index in [0.717, 1.165) is 43.4 Å². The highest BCUT2D eigenvalue weighted by Gasteiger charge is 2.39. The normalized spacial score (nSPS) is 29.7. The number of hydrogen-bond donors (Lipinski definition) is 0. The summed E-state index contributed by atoms with van der Waals surface area (Å²) in [6.45, 7) is 4.91. The highest BCUT2D eigenvalue weighted by molar-refractivity contribution is 6.28. The maximum atomic E-state index is 6.00. The van der Waals surface area contributed by atoms with Crippen molar-refractivity contribution in [2.45, 2.75) is 13.2 Å². The molecule has 1 aromatic heterocycles. The lowest BCUT2D eigenvalue weighted by Crippen LogP contribution is -2.25. The van der Waals surface area contributed by atoms with Crippen LogP contribution in [0.1, 0.15) is 11.3 Å². The lowest BCUT2D eigenvalue weighted by Gasteiger charge is -2.20. The Balaban J connectivity index is 1.69. The molecule has 4 heterocycles. The average molecular weight is 268 g/mol. The topological polar surface area (TPSA) is 47.5 Å². The summed E-state index contributed by atoms with van der Waals surface area (Å²) in [6, 6.07) is 0. The van der Waals surface area contributed by atoms with Crippen LogP contribution in [0.15, 0.2) is 0 Å². The van der Waals surface area contributed by atoms with E-state index in [-0.39, 0.29) is 0 Å². The van der Waals surface area contributed by atoms with Gasteiger partial charge in [-0.3, -0.25) is 0 Å². The van der Waals surface area contributed by atoms with Crippen LogP contribution >= 0.6 is 11.6 Å². The molecule has 4 rings (SSSR count). The van der Waals surface area contributed by atoms with Crippen molar-refractivity contribution in [1.82, 2.24) is 9.97 Å². The van der Waals surface area contributed by atoms with Crippen LogP contribution in [0.25, 0.3) is 0 Å². The summed E-state index contributed by atoms with van der Waals surface area (Å²) in [5, 5.41) is 0.322. The number of hydrogen-bond acceptors (Lipinski definition) is 5. The van der Waals surface area contributed by atoms with Gasteiger partial charge in [0, 0.05) is 30.5 Å². The first-order chi connectivity index (χ1) is 8.81. The molecule has 0 saturated carbocycles. The Kier molecular flexibility index (Phi) is 2.46. The van der Waals surface area contributed by atoms with Crippen molar-refractivity contribution in [3.05, 3.63) is 16.5 Å². The number of rotatable bonds is 1. The highest BCUT2D eigenvalue weighted by atomic mass is 35.5. The second-order valence-electron chi connectivity index (χ2n) is 5.20. The Morgan fingerprint density at radius 1 is 1.06 bits per heavy atom. The summed E-state index contributed by atoms with van der Waals surface area (Å²) in [6.07, 6.45) is 0. The molecular formula is C12H14ClN3O2. The van der Waals surface area contributed by atoms with Gasteiger partial charge in [-0.05, 0) is 11.6 Å². The van der Waals surface area contributed by atoms with Crippen molar-refractivity contribution < 1.29 is 9.47 Å². The van der Waals surface area contributed by atoms with Crippen LogP contribution in [0, 0.1) is 11.8 Å². The van der Waals surface area contributed by atoms with Gasteiger partial charge in [0.1, 0.15) is 5.82 Å². The minimum atomic E-state index is 0.322. The molecule has 0 radical (unpaired) electrons. The SMILES string of the molecule is Clc1nc2c(c(N3C[C@@H]4COC[C@H]4C3)n1)COC2. The van der Waals surface area contributed by atoms with Crippen molar-refractivity contribution in [2.75, 3.05) is 31.2 Å². The van der Waals surface area contributed by atoms with Gasteiger partial charge in [0.05, 0.1) is 32.1 Å². The molecule has 0 N–H and O–H groups in total. The van der Waals surface area contributed by atoms with E-state index in [1.165, 1.54) is 0 Å². The average Bonchev–Trinajstić information content (AvgIpc) is 3.01. The van der Waals surface area contributed by atoms with Crippen LogP contribution in [-0.2, 0) is 22.7 Å². The van der Waals surface area contributed by atoms with Gasteiger partial charge < -0.3 is 14.4 Å². The van der Waals surface area contributed by atoms with Gasteiger partial charge in [-0.1, -0.05) is 0 Å². The van der Waals surface area contributed by atoms with E-state index in [1.807, 2.05) is 0 Å². The molecule has 0 spiro atoms. The predicted molar refractivity (Wildman–Crippen MR) is 65.5 cm³/mol. The number of ether oxygens (including phenoxy) is 2. The maximum Gasteiger partial charge on any atom is 0.224 e. The maximum absolute atomic E-state index is 6.00. The Bertz CT molecular complexity index is 484. The number of halogens is 1. The second kappa shape index (κ2) is 4.05. The monoisotopic (exact) mass is 267 g/mol. The van der Waals surface area contributed by atoms with E-state index in [1.54, 1.807) is 0 Å². The molecule has 2 atom stereocenters. The second-order valence-corrected chi connectivity index (χ2v) is 5.53. The minimum Gasteiger partial charge on any atom is -0.381 e. The zero-order valence-electron chi connectivity index (χ0n) is 9.93. The Labute approximate surface area is 110 Å². The van der Waals surface area contributed by atoms with Gasteiger partial charge in [0.15, 0.2) is 0 Å². The van der Waals surface area contributed by atoms with Crippen molar-refractivity contribution in [2.24, 2.45) is 11.8 Å². The summed E-state index contributed by atoms with van der Waals surface area (Å²) >= 11 is 6.00. The fourth-order valence-electron chi connectivity index (χ4n) is 3.13. The summed E-state index contributed by atoms with van der Waals surface area (Å²) in [5.74, 6) is 2.24. The van der Waals surface area contributed by atoms with E-state index < -0.39 is 0 Å². The first-order valence-corrected chi connectivity index (χ1v) is 6.65. The predicted octanol–water partition coefficient (Wildman–Crippen LogP) is 1.24. The van der Waals surface area contributed by atoms with Gasteiger partial charge in [0.2, 0.25) is 5.28 Å². The van der Waals surface area contributed by atoms with Gasteiger partial charge >= 0.3 is 0 Å². The molecule has 0 amide bonds. The smallest absolute Gasteiger partial charge is 0.224 e. The molecule has 5 nitrogen and oxygen atoms in total. The van der Waals surface area contributed by atoms with Gasteiger partial charge in [0.25, 0.3) is 0 Å². The molecule has 2 fully saturated rings. The van der Waals surface area contributed by atoms with Crippen molar-refractivity contribution in [1.29, 1.82) is 0 Å². The van der Waals surface area contributed by atoms with E-state index in [2.05, 4.69) is 14.9 Å². The molecular weight excluding hydrogens is 254 g/mol. The first kappa shape index (κ1) is 11.0. The zero-order chi connectivity index (χ0) is 12.1. The molecule has 1 aromatic rings. The summed E-state index contributed by atoms with van der Waals surface area (Å²) < 4.78 is 11.0. The van der Waals surface area contributed by atoms with Crippen molar-refractivity contribution in [3.63, 3.8) is 0 Å².